The van der Waals surface area contributed by atoms with Crippen LogP contribution in [0.4, 0.5) is 0 Å². The van der Waals surface area contributed by atoms with E-state index in [1.165, 1.54) is 74.2 Å². The second-order valence-electron chi connectivity index (χ2n) is 11.0. The molecule has 3 nitrogen and oxygen atoms in total. The average molecular weight is 552 g/mol. The standard InChI is InChI=1S/C38H21N3S/c1-3-12-24-22(10-1)23-11-2-4-13-25(23)30-21-40-33(20-29(24)30)41-31-17-7-5-14-26(31)34-28-16-9-19-39-36(28)38-35(37(34)41)27-15-6-8-18-32(27)42-38/h1-21H. The summed E-state index contributed by atoms with van der Waals surface area (Å²) in [5.41, 5.74) is 3.41. The third-order valence-electron chi connectivity index (χ3n) is 8.84. The van der Waals surface area contributed by atoms with Gasteiger partial charge in [-0.2, -0.15) is 0 Å². The van der Waals surface area contributed by atoms with E-state index in [-0.39, 0.29) is 0 Å². The number of nitrogens with zero attached hydrogens (tertiary/aromatic N) is 3. The van der Waals surface area contributed by atoms with Crippen LogP contribution >= 0.6 is 11.3 Å². The molecule has 0 aliphatic rings. The van der Waals surface area contributed by atoms with Gasteiger partial charge in [0.2, 0.25) is 0 Å². The molecular weight excluding hydrogens is 531 g/mol. The number of hydrogen-bond donors (Lipinski definition) is 0. The van der Waals surface area contributed by atoms with Gasteiger partial charge in [0.1, 0.15) is 5.82 Å². The van der Waals surface area contributed by atoms with Crippen molar-refractivity contribution in [3.63, 3.8) is 0 Å². The van der Waals surface area contributed by atoms with E-state index in [1.807, 2.05) is 17.5 Å². The van der Waals surface area contributed by atoms with Gasteiger partial charge in [-0.3, -0.25) is 9.55 Å². The van der Waals surface area contributed by atoms with E-state index in [2.05, 4.69) is 126 Å². The van der Waals surface area contributed by atoms with Crippen LogP contribution in [0.25, 0.3) is 91.0 Å². The fourth-order valence-electron chi connectivity index (χ4n) is 7.13. The zero-order chi connectivity index (χ0) is 27.4. The van der Waals surface area contributed by atoms with Crippen LogP contribution < -0.4 is 0 Å². The molecule has 4 heterocycles. The first kappa shape index (κ1) is 22.4. The fourth-order valence-corrected chi connectivity index (χ4v) is 8.35. The molecule has 0 spiro atoms. The van der Waals surface area contributed by atoms with Crippen molar-refractivity contribution in [1.82, 2.24) is 14.5 Å². The number of benzene rings is 6. The predicted molar refractivity (Wildman–Crippen MR) is 179 cm³/mol. The summed E-state index contributed by atoms with van der Waals surface area (Å²) in [6, 6.07) is 41.5. The lowest BCUT2D eigenvalue weighted by molar-refractivity contribution is 1.10. The first-order valence-corrected chi connectivity index (χ1v) is 15.0. The van der Waals surface area contributed by atoms with Crippen molar-refractivity contribution in [1.29, 1.82) is 0 Å². The van der Waals surface area contributed by atoms with Gasteiger partial charge in [0.05, 0.1) is 21.3 Å². The molecular formula is C38H21N3S. The minimum absolute atomic E-state index is 0.925. The Labute approximate surface area is 243 Å². The Kier molecular flexibility index (Phi) is 4.33. The van der Waals surface area contributed by atoms with Gasteiger partial charge >= 0.3 is 0 Å². The Morgan fingerprint density at radius 1 is 0.500 bits per heavy atom. The van der Waals surface area contributed by atoms with Gasteiger partial charge < -0.3 is 0 Å². The molecule has 0 unspecified atom stereocenters. The third-order valence-corrected chi connectivity index (χ3v) is 10.0. The van der Waals surface area contributed by atoms with Crippen molar-refractivity contribution in [2.45, 2.75) is 0 Å². The summed E-state index contributed by atoms with van der Waals surface area (Å²) in [6.07, 6.45) is 3.99. The molecule has 0 atom stereocenters. The third kappa shape index (κ3) is 2.79. The number of pyridine rings is 2. The van der Waals surface area contributed by atoms with E-state index in [1.54, 1.807) is 0 Å². The summed E-state index contributed by atoms with van der Waals surface area (Å²) < 4.78 is 4.88. The van der Waals surface area contributed by atoms with Gasteiger partial charge in [-0.25, -0.2) is 4.98 Å². The molecule has 0 radical (unpaired) electrons. The number of aromatic nitrogens is 3. The quantitative estimate of drug-likeness (QED) is 0.190. The Hall–Kier alpha value is -5.32. The maximum atomic E-state index is 5.21. The van der Waals surface area contributed by atoms with Gasteiger partial charge in [-0.15, -0.1) is 11.3 Å². The number of hydrogen-bond acceptors (Lipinski definition) is 3. The molecule has 6 aromatic carbocycles. The van der Waals surface area contributed by atoms with Crippen molar-refractivity contribution in [3.05, 3.63) is 128 Å². The van der Waals surface area contributed by atoms with Gasteiger partial charge in [-0.05, 0) is 51.2 Å². The summed E-state index contributed by atoms with van der Waals surface area (Å²) >= 11 is 1.83. The predicted octanol–water partition coefficient (Wildman–Crippen LogP) is 10.6. The van der Waals surface area contributed by atoms with Crippen LogP contribution in [0.5, 0.6) is 0 Å². The molecule has 0 bridgehead atoms. The summed E-state index contributed by atoms with van der Waals surface area (Å²) in [5, 5.41) is 13.5. The molecule has 42 heavy (non-hydrogen) atoms. The first-order valence-electron chi connectivity index (χ1n) is 14.2. The highest BCUT2D eigenvalue weighted by Gasteiger charge is 2.23. The van der Waals surface area contributed by atoms with Crippen LogP contribution in [0.3, 0.4) is 0 Å². The zero-order valence-corrected chi connectivity index (χ0v) is 23.2. The van der Waals surface area contributed by atoms with Crippen LogP contribution in [-0.2, 0) is 0 Å². The Bertz CT molecular complexity index is 2710. The Morgan fingerprint density at radius 3 is 1.90 bits per heavy atom. The molecule has 10 rings (SSSR count). The largest absolute Gasteiger partial charge is 0.293 e. The summed E-state index contributed by atoms with van der Waals surface area (Å²) in [7, 11) is 0. The summed E-state index contributed by atoms with van der Waals surface area (Å²) in [4.78, 5) is 10.1. The van der Waals surface area contributed by atoms with Gasteiger partial charge in [0.25, 0.3) is 0 Å². The lowest BCUT2D eigenvalue weighted by Crippen LogP contribution is -1.98. The molecule has 0 saturated carbocycles. The molecule has 4 heteroatoms. The molecule has 0 N–H and O–H groups in total. The van der Waals surface area contributed by atoms with Crippen LogP contribution in [-0.4, -0.2) is 14.5 Å². The minimum Gasteiger partial charge on any atom is -0.293 e. The molecule has 4 aromatic heterocycles. The van der Waals surface area contributed by atoms with E-state index in [0.717, 1.165) is 16.9 Å². The van der Waals surface area contributed by atoms with Crippen LogP contribution in [0.2, 0.25) is 0 Å². The molecule has 10 aromatic rings. The van der Waals surface area contributed by atoms with E-state index in [9.17, 15) is 0 Å². The summed E-state index contributed by atoms with van der Waals surface area (Å²) in [6.45, 7) is 0. The molecule has 0 fully saturated rings. The van der Waals surface area contributed by atoms with Gasteiger partial charge in [0.15, 0.2) is 0 Å². The molecule has 194 valence electrons. The molecule has 0 saturated heterocycles. The van der Waals surface area contributed by atoms with Crippen LogP contribution in [0, 0.1) is 0 Å². The monoisotopic (exact) mass is 551 g/mol. The van der Waals surface area contributed by atoms with Crippen LogP contribution in [0.1, 0.15) is 0 Å². The van der Waals surface area contributed by atoms with Crippen LogP contribution in [0.15, 0.2) is 128 Å². The lowest BCUT2D eigenvalue weighted by atomic mass is 9.95. The number of rotatable bonds is 1. The molecule has 0 aliphatic heterocycles. The topological polar surface area (TPSA) is 30.7 Å². The number of fused-ring (bicyclic) bond motifs is 16. The summed E-state index contributed by atoms with van der Waals surface area (Å²) in [5.74, 6) is 0.925. The highest BCUT2D eigenvalue weighted by molar-refractivity contribution is 7.26. The minimum atomic E-state index is 0.925. The Morgan fingerprint density at radius 2 is 1.12 bits per heavy atom. The average Bonchev–Trinajstić information content (AvgIpc) is 3.61. The normalized spacial score (nSPS) is 12.3. The zero-order valence-electron chi connectivity index (χ0n) is 22.4. The van der Waals surface area contributed by atoms with Crippen molar-refractivity contribution in [3.8, 4) is 5.82 Å². The second kappa shape index (κ2) is 8.12. The van der Waals surface area contributed by atoms with Gasteiger partial charge in [0, 0.05) is 49.4 Å². The highest BCUT2D eigenvalue weighted by Crippen LogP contribution is 2.47. The second-order valence-corrected chi connectivity index (χ2v) is 12.0. The number of para-hydroxylation sites is 1. The smallest absolute Gasteiger partial charge is 0.138 e. The van der Waals surface area contributed by atoms with E-state index < -0.39 is 0 Å². The van der Waals surface area contributed by atoms with Crippen molar-refractivity contribution < 1.29 is 0 Å². The highest BCUT2D eigenvalue weighted by atomic mass is 32.1. The SMILES string of the molecule is c1ccc2c(c1)sc1c3ncccc3c3c4ccccc4n(-c4cc5c6ccccc6c6ccccc6c5cn4)c3c21. The van der Waals surface area contributed by atoms with Crippen molar-refractivity contribution >= 4 is 96.5 Å². The maximum Gasteiger partial charge on any atom is 0.138 e. The molecule has 0 aliphatic carbocycles. The van der Waals surface area contributed by atoms with E-state index >= 15 is 0 Å². The maximum absolute atomic E-state index is 5.21. The van der Waals surface area contributed by atoms with Crippen molar-refractivity contribution in [2.75, 3.05) is 0 Å². The Balaban J connectivity index is 1.46. The van der Waals surface area contributed by atoms with Crippen molar-refractivity contribution in [2.24, 2.45) is 0 Å². The van der Waals surface area contributed by atoms with E-state index in [4.69, 9.17) is 9.97 Å². The first-order chi connectivity index (χ1) is 20.9. The van der Waals surface area contributed by atoms with Gasteiger partial charge in [-0.1, -0.05) is 91.0 Å². The fraction of sp³-hybridized carbons (Fsp3) is 0. The number of thiophene rings is 1. The lowest BCUT2D eigenvalue weighted by Gasteiger charge is -2.13. The van der Waals surface area contributed by atoms with E-state index in [0.29, 0.717) is 0 Å². The molecule has 0 amide bonds.